The highest BCUT2D eigenvalue weighted by Crippen LogP contribution is 2.30. The monoisotopic (exact) mass is 322 g/mol. The van der Waals surface area contributed by atoms with E-state index in [-0.39, 0.29) is 6.03 Å². The number of fused-ring (bicyclic) bond motifs is 1. The van der Waals surface area contributed by atoms with E-state index in [0.29, 0.717) is 18.5 Å². The Morgan fingerprint density at radius 1 is 1.36 bits per heavy atom. The molecule has 0 saturated carbocycles. The number of nitrogens with zero attached hydrogens (tertiary/aromatic N) is 3. The number of hydrogen-bond acceptors (Lipinski definition) is 4. The molecule has 3 heterocycles. The smallest absolute Gasteiger partial charge is 0.318 e. The Morgan fingerprint density at radius 3 is 2.91 bits per heavy atom. The third kappa shape index (κ3) is 3.27. The molecular weight excluding hydrogens is 296 g/mol. The summed E-state index contributed by atoms with van der Waals surface area (Å²) in [5.74, 6) is 0.641. The summed E-state index contributed by atoms with van der Waals surface area (Å²) in [7, 11) is 2.18. The maximum absolute atomic E-state index is 12.6. The van der Waals surface area contributed by atoms with Gasteiger partial charge in [-0.1, -0.05) is 0 Å². The lowest BCUT2D eigenvalue weighted by Crippen LogP contribution is -2.57. The van der Waals surface area contributed by atoms with Crippen molar-refractivity contribution in [2.24, 2.45) is 5.92 Å². The molecule has 0 bridgehead atoms. The number of urea groups is 1. The largest absolute Gasteiger partial charge is 0.331 e. The number of nitrogens with one attached hydrogen (secondary N) is 1. The molecule has 3 rings (SSSR count). The third-order valence-electron chi connectivity index (χ3n) is 5.00. The second kappa shape index (κ2) is 6.54. The van der Waals surface area contributed by atoms with E-state index in [0.717, 1.165) is 43.2 Å². The van der Waals surface area contributed by atoms with Crippen LogP contribution in [0.15, 0.2) is 0 Å². The molecule has 22 heavy (non-hydrogen) atoms. The molecule has 2 aliphatic heterocycles. The van der Waals surface area contributed by atoms with Gasteiger partial charge in [0.1, 0.15) is 5.01 Å². The van der Waals surface area contributed by atoms with Crippen LogP contribution in [0.1, 0.15) is 34.8 Å². The molecule has 0 spiro atoms. The summed E-state index contributed by atoms with van der Waals surface area (Å²) in [4.78, 5) is 22.8. The Kier molecular flexibility index (Phi) is 4.68. The van der Waals surface area contributed by atoms with Crippen molar-refractivity contribution in [1.82, 2.24) is 20.1 Å². The van der Waals surface area contributed by atoms with Gasteiger partial charge in [0.2, 0.25) is 0 Å². The van der Waals surface area contributed by atoms with Crippen molar-refractivity contribution in [2.45, 2.75) is 45.7 Å². The van der Waals surface area contributed by atoms with Crippen LogP contribution < -0.4 is 5.32 Å². The highest BCUT2D eigenvalue weighted by atomic mass is 32.1. The van der Waals surface area contributed by atoms with Gasteiger partial charge in [-0.2, -0.15) is 0 Å². The first-order valence-electron chi connectivity index (χ1n) is 8.20. The number of amides is 2. The lowest BCUT2D eigenvalue weighted by atomic mass is 9.84. The quantitative estimate of drug-likeness (QED) is 0.909. The van der Waals surface area contributed by atoms with Crippen molar-refractivity contribution >= 4 is 17.4 Å². The highest BCUT2D eigenvalue weighted by molar-refractivity contribution is 7.11. The third-order valence-corrected chi connectivity index (χ3v) is 6.07. The molecule has 1 aromatic heterocycles. The Bertz CT molecular complexity index is 525. The molecule has 0 unspecified atom stereocenters. The molecule has 6 heteroatoms. The molecular formula is C16H26N4OS. The number of aryl methyl sites for hydroxylation is 2. The molecule has 2 atom stereocenters. The molecule has 2 fully saturated rings. The lowest BCUT2D eigenvalue weighted by Gasteiger charge is -2.46. The number of hydrogen-bond donors (Lipinski definition) is 1. The predicted molar refractivity (Wildman–Crippen MR) is 89.2 cm³/mol. The SMILES string of the molecule is Cc1nc(CNC(=O)N2CCC[C@@H]3CN(C)CC[C@@H]32)sc1C. The van der Waals surface area contributed by atoms with E-state index in [1.54, 1.807) is 11.3 Å². The first-order chi connectivity index (χ1) is 10.5. The van der Waals surface area contributed by atoms with Gasteiger partial charge in [-0.15, -0.1) is 11.3 Å². The van der Waals surface area contributed by atoms with Gasteiger partial charge in [0.15, 0.2) is 0 Å². The van der Waals surface area contributed by atoms with Crippen LogP contribution in [0.5, 0.6) is 0 Å². The minimum Gasteiger partial charge on any atom is -0.331 e. The van der Waals surface area contributed by atoms with E-state index in [4.69, 9.17) is 0 Å². The number of thiazole rings is 1. The summed E-state index contributed by atoms with van der Waals surface area (Å²) < 4.78 is 0. The van der Waals surface area contributed by atoms with Crippen LogP contribution in [0.4, 0.5) is 4.79 Å². The van der Waals surface area contributed by atoms with Gasteiger partial charge >= 0.3 is 6.03 Å². The highest BCUT2D eigenvalue weighted by Gasteiger charge is 2.37. The van der Waals surface area contributed by atoms with Crippen molar-refractivity contribution in [2.75, 3.05) is 26.7 Å². The van der Waals surface area contributed by atoms with E-state index in [9.17, 15) is 4.79 Å². The molecule has 5 nitrogen and oxygen atoms in total. The van der Waals surface area contributed by atoms with Crippen molar-refractivity contribution in [3.63, 3.8) is 0 Å². The molecule has 2 saturated heterocycles. The van der Waals surface area contributed by atoms with Gasteiger partial charge in [-0.25, -0.2) is 9.78 Å². The lowest BCUT2D eigenvalue weighted by molar-refractivity contribution is 0.0532. The van der Waals surface area contributed by atoms with Gasteiger partial charge in [-0.05, 0) is 52.6 Å². The predicted octanol–water partition coefficient (Wildman–Crippen LogP) is 2.39. The zero-order chi connectivity index (χ0) is 15.7. The van der Waals surface area contributed by atoms with Gasteiger partial charge in [0, 0.05) is 24.0 Å². The van der Waals surface area contributed by atoms with Crippen LogP contribution >= 0.6 is 11.3 Å². The van der Waals surface area contributed by atoms with E-state index >= 15 is 0 Å². The molecule has 1 N–H and O–H groups in total. The Morgan fingerprint density at radius 2 is 2.18 bits per heavy atom. The van der Waals surface area contributed by atoms with E-state index < -0.39 is 0 Å². The average Bonchev–Trinajstić information content (AvgIpc) is 2.82. The number of carbonyl (C=O) groups excluding carboxylic acids is 1. The normalized spacial score (nSPS) is 25.9. The first-order valence-corrected chi connectivity index (χ1v) is 9.02. The fraction of sp³-hybridized carbons (Fsp3) is 0.750. The van der Waals surface area contributed by atoms with Crippen LogP contribution in [0.25, 0.3) is 0 Å². The number of likely N-dealkylation sites (tertiary alicyclic amines) is 2. The molecule has 0 aromatic carbocycles. The average molecular weight is 322 g/mol. The van der Waals surface area contributed by atoms with Crippen molar-refractivity contribution in [1.29, 1.82) is 0 Å². The maximum Gasteiger partial charge on any atom is 0.318 e. The summed E-state index contributed by atoms with van der Waals surface area (Å²) in [6, 6.07) is 0.509. The number of piperidine rings is 2. The van der Waals surface area contributed by atoms with Crippen LogP contribution in [-0.4, -0.2) is 53.5 Å². The number of rotatable bonds is 2. The molecule has 1 aromatic rings. The second-order valence-corrected chi connectivity index (χ2v) is 7.91. The summed E-state index contributed by atoms with van der Waals surface area (Å²) in [5, 5.41) is 4.08. The first kappa shape index (κ1) is 15.7. The van der Waals surface area contributed by atoms with Crippen LogP contribution in [-0.2, 0) is 6.54 Å². The summed E-state index contributed by atoms with van der Waals surface area (Å²) in [5.41, 5.74) is 1.07. The Balaban J connectivity index is 1.59. The van der Waals surface area contributed by atoms with E-state index in [2.05, 4.69) is 34.1 Å². The minimum absolute atomic E-state index is 0.0877. The number of carbonyl (C=O) groups is 1. The zero-order valence-electron chi connectivity index (χ0n) is 13.8. The topological polar surface area (TPSA) is 48.5 Å². The van der Waals surface area contributed by atoms with Crippen LogP contribution in [0.3, 0.4) is 0 Å². The summed E-state index contributed by atoms with van der Waals surface area (Å²) in [6.07, 6.45) is 3.48. The van der Waals surface area contributed by atoms with Gasteiger partial charge < -0.3 is 15.1 Å². The minimum atomic E-state index is 0.0877. The fourth-order valence-electron chi connectivity index (χ4n) is 3.70. The summed E-state index contributed by atoms with van der Waals surface area (Å²) in [6.45, 7) is 7.75. The van der Waals surface area contributed by atoms with E-state index in [1.807, 2.05) is 6.92 Å². The van der Waals surface area contributed by atoms with Gasteiger partial charge in [0.25, 0.3) is 0 Å². The zero-order valence-corrected chi connectivity index (χ0v) is 14.6. The van der Waals surface area contributed by atoms with Crippen LogP contribution in [0, 0.1) is 19.8 Å². The molecule has 0 radical (unpaired) electrons. The standard InChI is InChI=1S/C16H26N4OS/c1-11-12(2)22-15(18-11)9-17-16(21)20-7-4-5-13-10-19(3)8-6-14(13)20/h13-14H,4-10H2,1-3H3,(H,17,21)/t13-,14+/m1/s1. The molecule has 122 valence electrons. The Labute approximate surface area is 136 Å². The summed E-state index contributed by atoms with van der Waals surface area (Å²) >= 11 is 1.68. The molecule has 2 amide bonds. The maximum atomic E-state index is 12.6. The van der Waals surface area contributed by atoms with Gasteiger partial charge in [0.05, 0.1) is 12.2 Å². The second-order valence-electron chi connectivity index (χ2n) is 6.62. The van der Waals surface area contributed by atoms with Crippen LogP contribution in [0.2, 0.25) is 0 Å². The van der Waals surface area contributed by atoms with Crippen molar-refractivity contribution in [3.05, 3.63) is 15.6 Å². The van der Waals surface area contributed by atoms with Crippen molar-refractivity contribution in [3.8, 4) is 0 Å². The molecule has 0 aliphatic carbocycles. The molecule has 2 aliphatic rings. The van der Waals surface area contributed by atoms with E-state index in [1.165, 1.54) is 11.3 Å². The number of aromatic nitrogens is 1. The van der Waals surface area contributed by atoms with Gasteiger partial charge in [-0.3, -0.25) is 0 Å². The fourth-order valence-corrected chi connectivity index (χ4v) is 4.58. The Hall–Kier alpha value is -1.14. The van der Waals surface area contributed by atoms with Crippen molar-refractivity contribution < 1.29 is 4.79 Å².